The Hall–Kier alpha value is -0.130. The minimum atomic E-state index is -3.08. The number of hydrogen-bond donors (Lipinski definition) is 2. The van der Waals surface area contributed by atoms with Gasteiger partial charge in [-0.2, -0.15) is 0 Å². The average Bonchev–Trinajstić information content (AvgIpc) is 2.82. The summed E-state index contributed by atoms with van der Waals surface area (Å²) in [6.07, 6.45) is 7.91. The first-order valence-corrected chi connectivity index (χ1v) is 9.41. The van der Waals surface area contributed by atoms with Gasteiger partial charge in [-0.05, 0) is 50.5 Å². The van der Waals surface area contributed by atoms with Crippen molar-refractivity contribution >= 4 is 10.0 Å². The van der Waals surface area contributed by atoms with Crippen molar-refractivity contribution in [3.05, 3.63) is 0 Å². The zero-order valence-electron chi connectivity index (χ0n) is 12.0. The van der Waals surface area contributed by atoms with Crippen molar-refractivity contribution in [2.24, 2.45) is 11.8 Å². The van der Waals surface area contributed by atoms with Gasteiger partial charge in [-0.1, -0.05) is 19.8 Å². The van der Waals surface area contributed by atoms with E-state index in [0.29, 0.717) is 18.5 Å². The Kier molecular flexibility index (Phi) is 5.66. The van der Waals surface area contributed by atoms with Crippen LogP contribution in [0.5, 0.6) is 0 Å². The Labute approximate surface area is 117 Å². The summed E-state index contributed by atoms with van der Waals surface area (Å²) in [7, 11) is -3.08. The predicted molar refractivity (Wildman–Crippen MR) is 78.6 cm³/mol. The van der Waals surface area contributed by atoms with Crippen LogP contribution >= 0.6 is 0 Å². The van der Waals surface area contributed by atoms with Crippen LogP contribution in [0.3, 0.4) is 0 Å². The molecule has 1 saturated carbocycles. The Bertz CT molecular complexity index is 349. The highest BCUT2D eigenvalue weighted by Crippen LogP contribution is 2.29. The van der Waals surface area contributed by atoms with Gasteiger partial charge < -0.3 is 5.32 Å². The second kappa shape index (κ2) is 7.04. The first-order valence-electron chi connectivity index (χ1n) is 7.76. The van der Waals surface area contributed by atoms with Gasteiger partial charge in [0.05, 0.1) is 5.75 Å². The molecule has 3 atom stereocenters. The van der Waals surface area contributed by atoms with E-state index in [-0.39, 0.29) is 5.75 Å². The summed E-state index contributed by atoms with van der Waals surface area (Å²) in [6, 6.07) is 0.400. The second-order valence-electron chi connectivity index (χ2n) is 6.39. The summed E-state index contributed by atoms with van der Waals surface area (Å²) in [4.78, 5) is 0. The molecule has 1 aliphatic heterocycles. The average molecular weight is 288 g/mol. The molecule has 0 aromatic heterocycles. The van der Waals surface area contributed by atoms with Gasteiger partial charge in [0.25, 0.3) is 0 Å². The Morgan fingerprint density at radius 1 is 1.21 bits per heavy atom. The normalized spacial score (nSPS) is 32.6. The molecule has 0 radical (unpaired) electrons. The number of piperidine rings is 1. The Balaban J connectivity index is 1.66. The fourth-order valence-corrected chi connectivity index (χ4v) is 4.52. The summed E-state index contributed by atoms with van der Waals surface area (Å²) < 4.78 is 26.8. The van der Waals surface area contributed by atoms with Crippen molar-refractivity contribution in [3.8, 4) is 0 Å². The van der Waals surface area contributed by atoms with Gasteiger partial charge in [0.2, 0.25) is 10.0 Å². The Morgan fingerprint density at radius 3 is 2.68 bits per heavy atom. The molecule has 0 aromatic carbocycles. The van der Waals surface area contributed by atoms with Gasteiger partial charge in [-0.25, -0.2) is 13.1 Å². The van der Waals surface area contributed by atoms with Crippen LogP contribution in [0.2, 0.25) is 0 Å². The maximum Gasteiger partial charge on any atom is 0.211 e. The molecule has 0 bridgehead atoms. The van der Waals surface area contributed by atoms with Crippen molar-refractivity contribution in [1.29, 1.82) is 0 Å². The lowest BCUT2D eigenvalue weighted by atomic mass is 10.0. The van der Waals surface area contributed by atoms with Crippen LogP contribution < -0.4 is 10.0 Å². The highest BCUT2D eigenvalue weighted by molar-refractivity contribution is 7.89. The van der Waals surface area contributed by atoms with Crippen molar-refractivity contribution in [2.45, 2.75) is 57.9 Å². The van der Waals surface area contributed by atoms with Gasteiger partial charge in [-0.15, -0.1) is 0 Å². The van der Waals surface area contributed by atoms with Crippen LogP contribution in [-0.4, -0.2) is 33.3 Å². The quantitative estimate of drug-likeness (QED) is 0.784. The molecule has 0 amide bonds. The summed E-state index contributed by atoms with van der Waals surface area (Å²) in [6.45, 7) is 3.94. The fourth-order valence-electron chi connectivity index (χ4n) is 3.30. The molecule has 2 fully saturated rings. The molecule has 1 heterocycles. The summed E-state index contributed by atoms with van der Waals surface area (Å²) >= 11 is 0. The van der Waals surface area contributed by atoms with E-state index >= 15 is 0 Å². The van der Waals surface area contributed by atoms with E-state index in [9.17, 15) is 8.42 Å². The number of nitrogens with one attached hydrogen (secondary N) is 2. The molecular formula is C14H28N2O2S. The molecule has 1 aliphatic carbocycles. The molecule has 2 N–H and O–H groups in total. The van der Waals surface area contributed by atoms with Gasteiger partial charge in [-0.3, -0.25) is 0 Å². The first kappa shape index (κ1) is 15.3. The zero-order chi connectivity index (χ0) is 13.7. The number of rotatable bonds is 6. The zero-order valence-corrected chi connectivity index (χ0v) is 12.8. The lowest BCUT2D eigenvalue weighted by Gasteiger charge is -2.23. The topological polar surface area (TPSA) is 58.2 Å². The van der Waals surface area contributed by atoms with Gasteiger partial charge in [0.15, 0.2) is 0 Å². The maximum atomic E-state index is 12.0. The van der Waals surface area contributed by atoms with Gasteiger partial charge >= 0.3 is 0 Å². The van der Waals surface area contributed by atoms with Crippen LogP contribution in [0.1, 0.15) is 51.9 Å². The molecular weight excluding hydrogens is 260 g/mol. The second-order valence-corrected chi connectivity index (χ2v) is 8.31. The largest absolute Gasteiger partial charge is 0.314 e. The van der Waals surface area contributed by atoms with Crippen LogP contribution in [0, 0.1) is 11.8 Å². The lowest BCUT2D eigenvalue weighted by Crippen LogP contribution is -2.38. The van der Waals surface area contributed by atoms with E-state index in [0.717, 1.165) is 25.3 Å². The molecule has 112 valence electrons. The lowest BCUT2D eigenvalue weighted by molar-refractivity contribution is 0.392. The molecule has 3 unspecified atom stereocenters. The molecule has 2 aliphatic rings. The van der Waals surface area contributed by atoms with Crippen LogP contribution in [0.25, 0.3) is 0 Å². The molecule has 19 heavy (non-hydrogen) atoms. The van der Waals surface area contributed by atoms with Crippen molar-refractivity contribution in [2.75, 3.05) is 18.8 Å². The van der Waals surface area contributed by atoms with E-state index in [1.54, 1.807) is 0 Å². The van der Waals surface area contributed by atoms with E-state index in [4.69, 9.17) is 0 Å². The van der Waals surface area contributed by atoms with E-state index in [2.05, 4.69) is 17.0 Å². The van der Waals surface area contributed by atoms with E-state index in [1.807, 2.05) is 0 Å². The van der Waals surface area contributed by atoms with Crippen molar-refractivity contribution in [3.63, 3.8) is 0 Å². The predicted octanol–water partition coefficient (Wildman–Crippen LogP) is 1.87. The first-order chi connectivity index (χ1) is 9.05. The third-order valence-electron chi connectivity index (χ3n) is 4.54. The minimum Gasteiger partial charge on any atom is -0.314 e. The molecule has 5 heteroatoms. The summed E-state index contributed by atoms with van der Waals surface area (Å²) in [5, 5.41) is 3.40. The summed E-state index contributed by atoms with van der Waals surface area (Å²) in [5.41, 5.74) is 0. The molecule has 2 rings (SSSR count). The van der Waals surface area contributed by atoms with E-state index in [1.165, 1.54) is 32.1 Å². The number of hydrogen-bond acceptors (Lipinski definition) is 3. The molecule has 4 nitrogen and oxygen atoms in total. The molecule has 1 saturated heterocycles. The number of sulfonamides is 1. The van der Waals surface area contributed by atoms with Gasteiger partial charge in [0, 0.05) is 12.6 Å². The maximum absolute atomic E-state index is 12.0. The van der Waals surface area contributed by atoms with E-state index < -0.39 is 10.0 Å². The van der Waals surface area contributed by atoms with Crippen LogP contribution in [0.15, 0.2) is 0 Å². The van der Waals surface area contributed by atoms with Crippen molar-refractivity contribution < 1.29 is 8.42 Å². The Morgan fingerprint density at radius 2 is 2.05 bits per heavy atom. The van der Waals surface area contributed by atoms with Crippen LogP contribution in [-0.2, 0) is 10.0 Å². The van der Waals surface area contributed by atoms with Crippen LogP contribution in [0.4, 0.5) is 0 Å². The third-order valence-corrected chi connectivity index (χ3v) is 5.92. The van der Waals surface area contributed by atoms with Crippen molar-refractivity contribution in [1.82, 2.24) is 10.0 Å². The highest BCUT2D eigenvalue weighted by atomic mass is 32.2. The standard InChI is InChI=1S/C14H28N2O2S/c1-12-5-6-13(10-12)11-16-19(17,18)9-7-14-4-2-3-8-15-14/h12-16H,2-11H2,1H3. The fraction of sp³-hybridized carbons (Fsp3) is 1.00. The highest BCUT2D eigenvalue weighted by Gasteiger charge is 2.23. The SMILES string of the molecule is CC1CCC(CNS(=O)(=O)CCC2CCCCN2)C1. The van der Waals surface area contributed by atoms with Gasteiger partial charge in [0.1, 0.15) is 0 Å². The molecule has 0 spiro atoms. The molecule has 0 aromatic rings. The third kappa shape index (κ3) is 5.40. The summed E-state index contributed by atoms with van der Waals surface area (Å²) in [5.74, 6) is 1.59. The smallest absolute Gasteiger partial charge is 0.211 e. The minimum absolute atomic E-state index is 0.271. The monoisotopic (exact) mass is 288 g/mol.